The molecule has 74 heavy (non-hydrogen) atoms. The van der Waals surface area contributed by atoms with Gasteiger partial charge in [-0.15, -0.1) is 11.3 Å². The van der Waals surface area contributed by atoms with Gasteiger partial charge in [-0.2, -0.15) is 18.4 Å². The summed E-state index contributed by atoms with van der Waals surface area (Å²) in [6, 6.07) is 14.5. The summed E-state index contributed by atoms with van der Waals surface area (Å²) in [5.74, 6) is -6.33. The highest BCUT2D eigenvalue weighted by Gasteiger charge is 2.52. The van der Waals surface area contributed by atoms with Crippen molar-refractivity contribution in [3.63, 3.8) is 0 Å². The topological polar surface area (TPSA) is 167 Å². The van der Waals surface area contributed by atoms with Crippen LogP contribution in [0.4, 0.5) is 37.7 Å². The average molecular weight is 1060 g/mol. The number of carbonyl (C=O) groups is 4. The molecule has 4 heterocycles. The van der Waals surface area contributed by atoms with Gasteiger partial charge in [0.1, 0.15) is 29.4 Å². The fraction of sp³-hybridized carbons (Fsp3) is 0.385. The van der Waals surface area contributed by atoms with Crippen LogP contribution in [-0.2, 0) is 41.4 Å². The van der Waals surface area contributed by atoms with Gasteiger partial charge in [-0.3, -0.25) is 24.3 Å². The van der Waals surface area contributed by atoms with Gasteiger partial charge in [0.2, 0.25) is 5.91 Å². The van der Waals surface area contributed by atoms with Crippen LogP contribution in [0.5, 0.6) is 5.75 Å². The molecule has 2 atom stereocenters. The van der Waals surface area contributed by atoms with Gasteiger partial charge in [-0.25, -0.2) is 22.9 Å². The van der Waals surface area contributed by atoms with Gasteiger partial charge >= 0.3 is 12.1 Å². The monoisotopic (exact) mass is 1060 g/mol. The third-order valence-corrected chi connectivity index (χ3v) is 13.8. The number of hydrogen-bond acceptors (Lipinski definition) is 12. The number of ether oxygens (including phenoxy) is 3. The van der Waals surface area contributed by atoms with Crippen molar-refractivity contribution in [1.82, 2.24) is 20.2 Å². The summed E-state index contributed by atoms with van der Waals surface area (Å²) >= 11 is 6.98. The number of pyridine rings is 1. The van der Waals surface area contributed by atoms with E-state index >= 15 is 13.2 Å². The van der Waals surface area contributed by atoms with Crippen LogP contribution in [0.1, 0.15) is 82.7 Å². The van der Waals surface area contributed by atoms with E-state index in [4.69, 9.17) is 31.7 Å². The van der Waals surface area contributed by atoms with Crippen LogP contribution in [0.3, 0.4) is 0 Å². The Hall–Kier alpha value is -6.96. The Labute approximate surface area is 432 Å². The van der Waals surface area contributed by atoms with Gasteiger partial charge in [-0.05, 0) is 100 Å². The van der Waals surface area contributed by atoms with Crippen LogP contribution in [-0.4, -0.2) is 87.7 Å². The highest BCUT2D eigenvalue weighted by Crippen LogP contribution is 2.42. The molecule has 0 radical (unpaired) electrons. The van der Waals surface area contributed by atoms with Crippen LogP contribution in [0.2, 0.25) is 0 Å². The molecule has 0 spiro atoms. The number of alkyl halides is 3. The van der Waals surface area contributed by atoms with E-state index in [0.29, 0.717) is 37.1 Å². The number of unbranched alkanes of at least 4 members (excludes halogenated alkanes) is 1. The molecular formula is C52H51F6N7O7S2. The first kappa shape index (κ1) is 54.8. The lowest BCUT2D eigenvalue weighted by Gasteiger charge is -2.34. The molecule has 2 aliphatic heterocycles. The van der Waals surface area contributed by atoms with Crippen LogP contribution in [0.15, 0.2) is 72.4 Å². The Morgan fingerprint density at radius 3 is 2.31 bits per heavy atom. The number of amides is 3. The minimum atomic E-state index is -5.28. The zero-order valence-electron chi connectivity index (χ0n) is 41.1. The lowest BCUT2D eigenvalue weighted by Crippen LogP contribution is -2.53. The van der Waals surface area contributed by atoms with Gasteiger partial charge in [-0.1, -0.05) is 45.0 Å². The van der Waals surface area contributed by atoms with E-state index in [1.807, 2.05) is 31.2 Å². The summed E-state index contributed by atoms with van der Waals surface area (Å²) in [6.07, 6.45) is -3.50. The molecule has 1 N–H and O–H groups in total. The van der Waals surface area contributed by atoms with Crippen molar-refractivity contribution in [2.75, 3.05) is 36.2 Å². The van der Waals surface area contributed by atoms with E-state index in [-0.39, 0.29) is 48.4 Å². The van der Waals surface area contributed by atoms with Crippen molar-refractivity contribution < 1.29 is 59.7 Å². The smallest absolute Gasteiger partial charge is 0.420 e. The molecule has 2 fully saturated rings. The molecule has 2 aliphatic rings. The van der Waals surface area contributed by atoms with Crippen molar-refractivity contribution in [1.29, 1.82) is 5.26 Å². The largest absolute Gasteiger partial charge is 0.491 e. The summed E-state index contributed by atoms with van der Waals surface area (Å²) < 4.78 is 105. The normalized spacial score (nSPS) is 16.1. The predicted molar refractivity (Wildman–Crippen MR) is 266 cm³/mol. The number of halogens is 6. The maximum absolute atomic E-state index is 15.7. The van der Waals surface area contributed by atoms with Crippen LogP contribution >= 0.6 is 23.6 Å². The van der Waals surface area contributed by atoms with Crippen LogP contribution in [0, 0.1) is 41.1 Å². The molecule has 2 aromatic heterocycles. The number of thiocarbonyl (C=S) groups is 1. The van der Waals surface area contributed by atoms with Crippen molar-refractivity contribution in [2.24, 2.45) is 5.41 Å². The van der Waals surface area contributed by atoms with Crippen molar-refractivity contribution in [3.05, 3.63) is 112 Å². The molecule has 3 aromatic carbocycles. The Morgan fingerprint density at radius 2 is 1.68 bits per heavy atom. The van der Waals surface area contributed by atoms with Gasteiger partial charge in [0.15, 0.2) is 34.4 Å². The number of anilines is 2. The number of nitrogens with one attached hydrogen (secondary N) is 1. The van der Waals surface area contributed by atoms with Crippen molar-refractivity contribution in [3.8, 4) is 33.5 Å². The number of aromatic nitrogens is 2. The van der Waals surface area contributed by atoms with Crippen molar-refractivity contribution >= 4 is 63.7 Å². The molecule has 7 rings (SSSR count). The lowest BCUT2D eigenvalue weighted by molar-refractivity contribution is -0.171. The average Bonchev–Trinajstić information content (AvgIpc) is 4.05. The number of aryl methyl sites for hydroxylation is 1. The first-order valence-corrected chi connectivity index (χ1v) is 24.6. The zero-order chi connectivity index (χ0) is 53.9. The second-order valence-corrected chi connectivity index (χ2v) is 20.4. The Morgan fingerprint density at radius 1 is 0.973 bits per heavy atom. The van der Waals surface area contributed by atoms with E-state index in [0.717, 1.165) is 57.1 Å². The summed E-state index contributed by atoms with van der Waals surface area (Å²) in [6.45, 7) is 10.2. The number of nitrogens with zero attached hydrogens (tertiary/aromatic N) is 6. The molecule has 390 valence electrons. The van der Waals surface area contributed by atoms with E-state index in [2.05, 4.69) is 15.3 Å². The molecule has 22 heteroatoms. The quantitative estimate of drug-likeness (QED) is 0.0406. The Bertz CT molecular complexity index is 3010. The molecule has 5 aromatic rings. The minimum absolute atomic E-state index is 0.0110. The summed E-state index contributed by atoms with van der Waals surface area (Å²) in [5, 5.41) is 11.6. The van der Waals surface area contributed by atoms with Gasteiger partial charge in [0.25, 0.3) is 11.8 Å². The number of rotatable bonds is 17. The molecular weight excluding hydrogens is 1010 g/mol. The first-order chi connectivity index (χ1) is 34.9. The standard InChI is InChI=1S/C52H51F6N7O7S2/c1-29-44(74-28-62-29)31-13-11-30(12-14-31)25-61-46(67)38-10-9-19-63(38)47(68)45(50(2,3)4)72-40(66)27-70-20-7-8-21-71-39-18-16-32(22-35(39)53)43-36(54)23-34(26-60-43)65-49(73)64(48(69)51(65,5)6)37-17-15-33(24-59)41(42(37)55)52(56,57)58/h11-18,22-23,26,28,38,45H,7-10,19-21,25,27H2,1-6H3,(H,61,67)/t38-,45?/m0/s1. The fourth-order valence-electron chi connectivity index (χ4n) is 8.60. The van der Waals surface area contributed by atoms with Crippen LogP contribution in [0.25, 0.3) is 21.7 Å². The predicted octanol–water partition coefficient (Wildman–Crippen LogP) is 9.85. The van der Waals surface area contributed by atoms with E-state index in [1.54, 1.807) is 37.6 Å². The van der Waals surface area contributed by atoms with E-state index in [9.17, 15) is 32.3 Å². The van der Waals surface area contributed by atoms with Crippen molar-refractivity contribution in [2.45, 2.75) is 97.6 Å². The second-order valence-electron chi connectivity index (χ2n) is 19.1. The SMILES string of the molecule is Cc1ncsc1-c1ccc(CNC(=O)[C@@H]2CCCN2C(=O)C(OC(=O)COCCCCOc2ccc(-c3ncc(N4C(=S)N(c5ccc(C#N)c(C(F)(F)F)c5F)C(=O)C4(C)C)cc3F)cc2F)C(C)(C)C)cc1. The second kappa shape index (κ2) is 22.3. The number of nitriles is 1. The highest BCUT2D eigenvalue weighted by molar-refractivity contribution is 7.81. The highest BCUT2D eigenvalue weighted by atomic mass is 32.1. The van der Waals surface area contributed by atoms with Gasteiger partial charge in [0.05, 0.1) is 51.9 Å². The number of hydrogen-bond donors (Lipinski definition) is 1. The third kappa shape index (κ3) is 11.7. The Kier molecular flexibility index (Phi) is 16.5. The van der Waals surface area contributed by atoms with Gasteiger partial charge < -0.3 is 29.3 Å². The van der Waals surface area contributed by atoms with Crippen LogP contribution < -0.4 is 19.9 Å². The molecule has 14 nitrogen and oxygen atoms in total. The summed E-state index contributed by atoms with van der Waals surface area (Å²) in [7, 11) is 0. The molecule has 0 aliphatic carbocycles. The molecule has 1 unspecified atom stereocenters. The Balaban J connectivity index is 0.867. The molecule has 0 saturated carbocycles. The maximum Gasteiger partial charge on any atom is 0.420 e. The zero-order valence-corrected chi connectivity index (χ0v) is 42.7. The fourth-order valence-corrected chi connectivity index (χ4v) is 9.92. The number of esters is 1. The number of benzene rings is 3. The van der Waals surface area contributed by atoms with E-state index in [1.165, 1.54) is 36.9 Å². The molecule has 2 saturated heterocycles. The lowest BCUT2D eigenvalue weighted by atomic mass is 9.88. The summed E-state index contributed by atoms with van der Waals surface area (Å²) in [4.78, 5) is 66.4. The number of carbonyl (C=O) groups excluding carboxylic acids is 4. The summed E-state index contributed by atoms with van der Waals surface area (Å²) in [5.41, 5.74) is -1.93. The van der Waals surface area contributed by atoms with E-state index < -0.39 is 93.0 Å². The number of thiazole rings is 1. The van der Waals surface area contributed by atoms with Gasteiger partial charge in [0, 0.05) is 36.7 Å². The number of likely N-dealkylation sites (tertiary alicyclic amines) is 1. The molecule has 3 amide bonds. The first-order valence-electron chi connectivity index (χ1n) is 23.4. The molecule has 0 bridgehead atoms. The maximum atomic E-state index is 15.7. The third-order valence-electron chi connectivity index (χ3n) is 12.4. The minimum Gasteiger partial charge on any atom is -0.491 e.